The van der Waals surface area contributed by atoms with Crippen molar-refractivity contribution in [1.82, 2.24) is 19.8 Å². The molecule has 3 aliphatic carbocycles. The zero-order valence-electron chi connectivity index (χ0n) is 23.3. The van der Waals surface area contributed by atoms with E-state index in [1.807, 2.05) is 11.9 Å². The highest BCUT2D eigenvalue weighted by Crippen LogP contribution is 2.54. The zero-order valence-corrected chi connectivity index (χ0v) is 23.3. The molecule has 4 aliphatic rings. The Kier molecular flexibility index (Phi) is 7.39. The van der Waals surface area contributed by atoms with Crippen LogP contribution in [0.2, 0.25) is 0 Å². The summed E-state index contributed by atoms with van der Waals surface area (Å²) < 4.78 is 41.8. The summed E-state index contributed by atoms with van der Waals surface area (Å²) in [6.45, 7) is 1.94. The van der Waals surface area contributed by atoms with Crippen LogP contribution in [0.25, 0.3) is 0 Å². The molecule has 1 amide bonds. The van der Waals surface area contributed by atoms with E-state index in [0.717, 1.165) is 75.6 Å². The van der Waals surface area contributed by atoms with Crippen molar-refractivity contribution in [2.24, 2.45) is 23.7 Å². The number of hydrogen-bond donors (Lipinski definition) is 2. The molecule has 1 unspecified atom stereocenters. The summed E-state index contributed by atoms with van der Waals surface area (Å²) in [6, 6.07) is 7.15. The smallest absolute Gasteiger partial charge is 0.366 e. The molecular weight excluding hydrogens is 517 g/mol. The number of carbonyl (C=O) groups is 1. The molecular formula is C30H39F3N6O. The van der Waals surface area contributed by atoms with Crippen LogP contribution in [0.4, 0.5) is 30.6 Å². The lowest BCUT2D eigenvalue weighted by molar-refractivity contribution is -0.137. The predicted octanol–water partition coefficient (Wildman–Crippen LogP) is 6.03. The van der Waals surface area contributed by atoms with Crippen LogP contribution < -0.4 is 10.6 Å². The molecule has 1 aliphatic heterocycles. The van der Waals surface area contributed by atoms with E-state index in [0.29, 0.717) is 17.2 Å². The van der Waals surface area contributed by atoms with Gasteiger partial charge in [-0.05, 0) is 119 Å². The molecule has 2 aromatic rings. The van der Waals surface area contributed by atoms with Gasteiger partial charge >= 0.3 is 6.18 Å². The Hall–Kier alpha value is -2.88. The number of fused-ring (bicyclic) bond motifs is 2. The fraction of sp³-hybridized carbons (Fsp3) is 0.633. The molecule has 5 atom stereocenters. The molecule has 40 heavy (non-hydrogen) atoms. The van der Waals surface area contributed by atoms with E-state index < -0.39 is 11.7 Å². The molecule has 6 rings (SSSR count). The summed E-state index contributed by atoms with van der Waals surface area (Å²) >= 11 is 0. The van der Waals surface area contributed by atoms with Crippen molar-refractivity contribution >= 4 is 23.4 Å². The molecule has 7 nitrogen and oxygen atoms in total. The second kappa shape index (κ2) is 10.8. The molecule has 10 heteroatoms. The van der Waals surface area contributed by atoms with Crippen LogP contribution >= 0.6 is 0 Å². The van der Waals surface area contributed by atoms with Crippen LogP contribution in [-0.4, -0.2) is 64.9 Å². The second-order valence-corrected chi connectivity index (χ2v) is 12.5. The highest BCUT2D eigenvalue weighted by atomic mass is 19.4. The summed E-state index contributed by atoms with van der Waals surface area (Å²) in [6.07, 6.45) is 4.95. The summed E-state index contributed by atoms with van der Waals surface area (Å²) in [5, 5.41) is 6.26. The van der Waals surface area contributed by atoms with E-state index in [2.05, 4.69) is 32.5 Å². The lowest BCUT2D eigenvalue weighted by Gasteiger charge is -2.35. The fourth-order valence-corrected chi connectivity index (χ4v) is 7.75. The third-order valence-electron chi connectivity index (χ3n) is 9.96. The second-order valence-electron chi connectivity index (χ2n) is 12.5. The Morgan fingerprint density at radius 2 is 1.68 bits per heavy atom. The maximum Gasteiger partial charge on any atom is 0.421 e. The van der Waals surface area contributed by atoms with Crippen molar-refractivity contribution in [3.8, 4) is 0 Å². The van der Waals surface area contributed by atoms with Gasteiger partial charge in [0.1, 0.15) is 11.4 Å². The molecule has 3 bridgehead atoms. The van der Waals surface area contributed by atoms with Gasteiger partial charge in [-0.3, -0.25) is 4.79 Å². The lowest BCUT2D eigenvalue weighted by atomic mass is 9.77. The Labute approximate surface area is 233 Å². The first-order valence-corrected chi connectivity index (χ1v) is 14.7. The Balaban J connectivity index is 1.15. The number of halogens is 3. The number of aromatic nitrogens is 2. The number of nitrogens with zero attached hydrogens (tertiary/aromatic N) is 4. The van der Waals surface area contributed by atoms with E-state index in [1.165, 1.54) is 12.8 Å². The molecule has 2 heterocycles. The van der Waals surface area contributed by atoms with Crippen LogP contribution in [0.5, 0.6) is 0 Å². The van der Waals surface area contributed by atoms with Gasteiger partial charge < -0.3 is 20.4 Å². The van der Waals surface area contributed by atoms with Gasteiger partial charge in [-0.15, -0.1) is 0 Å². The third-order valence-corrected chi connectivity index (χ3v) is 9.96. The van der Waals surface area contributed by atoms with Gasteiger partial charge in [-0.25, -0.2) is 4.98 Å². The van der Waals surface area contributed by atoms with Gasteiger partial charge in [-0.2, -0.15) is 18.2 Å². The fourth-order valence-electron chi connectivity index (χ4n) is 7.75. The molecule has 1 saturated heterocycles. The summed E-state index contributed by atoms with van der Waals surface area (Å²) in [5.41, 5.74) is 0.339. The normalized spacial score (nSPS) is 28.8. The van der Waals surface area contributed by atoms with Crippen molar-refractivity contribution in [3.05, 3.63) is 41.6 Å². The summed E-state index contributed by atoms with van der Waals surface area (Å²) in [5.74, 6) is 2.48. The maximum atomic E-state index is 13.9. The number of rotatable bonds is 6. The molecule has 216 valence electrons. The quantitative estimate of drug-likeness (QED) is 0.453. The van der Waals surface area contributed by atoms with E-state index in [4.69, 9.17) is 0 Å². The minimum atomic E-state index is -4.55. The van der Waals surface area contributed by atoms with Crippen LogP contribution in [0, 0.1) is 23.7 Å². The van der Waals surface area contributed by atoms with E-state index >= 15 is 0 Å². The van der Waals surface area contributed by atoms with Gasteiger partial charge in [0.25, 0.3) is 5.91 Å². The number of piperidine rings is 1. The summed E-state index contributed by atoms with van der Waals surface area (Å²) in [4.78, 5) is 25.4. The number of benzene rings is 1. The van der Waals surface area contributed by atoms with Crippen LogP contribution in [0.3, 0.4) is 0 Å². The minimum absolute atomic E-state index is 0.00806. The highest BCUT2D eigenvalue weighted by molar-refractivity contribution is 5.94. The standard InChI is InChI=1S/C30H39F3N6O/c1-38-11-9-24(10-12-38)39(2)28(40)19-3-6-23(7-4-19)35-29-34-17-25(30(31,32)33)27(37-29)36-26-8-5-20-13-18-14-21(20)16-22(26)15-18/h3-4,6-7,17-18,20-22,24,26H,5,8-16H2,1-2H3,(H2,34,35,36,37)/t18-,20-,21?,22+,26+/m0/s1. The first-order valence-electron chi connectivity index (χ1n) is 14.7. The SMILES string of the molecule is CN1CCC(N(C)C(=O)c2ccc(Nc3ncc(C(F)(F)F)c(N[C@@H]4CC[C@H]5C[C@H]6CC5C[C@H]4C6)n3)cc2)CC1. The molecule has 0 radical (unpaired) electrons. The number of alkyl halides is 3. The number of nitrogens with one attached hydrogen (secondary N) is 2. The van der Waals surface area contributed by atoms with Crippen molar-refractivity contribution in [1.29, 1.82) is 0 Å². The van der Waals surface area contributed by atoms with Crippen molar-refractivity contribution in [2.75, 3.05) is 37.8 Å². The van der Waals surface area contributed by atoms with Gasteiger partial charge in [0, 0.05) is 36.6 Å². The minimum Gasteiger partial charge on any atom is -0.366 e. The maximum absolute atomic E-state index is 13.9. The molecule has 3 saturated carbocycles. The third kappa shape index (κ3) is 5.64. The van der Waals surface area contributed by atoms with Gasteiger partial charge in [0.05, 0.1) is 0 Å². The first kappa shape index (κ1) is 27.3. The molecule has 4 fully saturated rings. The van der Waals surface area contributed by atoms with Crippen molar-refractivity contribution in [2.45, 2.75) is 69.6 Å². The van der Waals surface area contributed by atoms with Crippen LogP contribution in [-0.2, 0) is 6.18 Å². The highest BCUT2D eigenvalue weighted by Gasteiger charge is 2.46. The van der Waals surface area contributed by atoms with Gasteiger partial charge in [0.2, 0.25) is 5.95 Å². The number of hydrogen-bond acceptors (Lipinski definition) is 6. The van der Waals surface area contributed by atoms with Gasteiger partial charge in [-0.1, -0.05) is 0 Å². The largest absolute Gasteiger partial charge is 0.421 e. The Bertz CT molecular complexity index is 1210. The first-order chi connectivity index (χ1) is 19.1. The predicted molar refractivity (Wildman–Crippen MR) is 148 cm³/mol. The number of anilines is 3. The number of carbonyl (C=O) groups excluding carboxylic acids is 1. The van der Waals surface area contributed by atoms with E-state index in [-0.39, 0.29) is 29.8 Å². The molecule has 0 spiro atoms. The Morgan fingerprint density at radius 3 is 2.40 bits per heavy atom. The van der Waals surface area contributed by atoms with E-state index in [9.17, 15) is 18.0 Å². The van der Waals surface area contributed by atoms with Crippen LogP contribution in [0.15, 0.2) is 30.5 Å². The lowest BCUT2D eigenvalue weighted by Crippen LogP contribution is -2.44. The molecule has 1 aromatic heterocycles. The monoisotopic (exact) mass is 556 g/mol. The number of amides is 1. The molecule has 1 aromatic carbocycles. The van der Waals surface area contributed by atoms with E-state index in [1.54, 1.807) is 24.3 Å². The van der Waals surface area contributed by atoms with Crippen LogP contribution in [0.1, 0.15) is 67.3 Å². The topological polar surface area (TPSA) is 73.4 Å². The number of likely N-dealkylation sites (tertiary alicyclic amines) is 1. The van der Waals surface area contributed by atoms with Crippen molar-refractivity contribution in [3.63, 3.8) is 0 Å². The van der Waals surface area contributed by atoms with Crippen molar-refractivity contribution < 1.29 is 18.0 Å². The summed E-state index contributed by atoms with van der Waals surface area (Å²) in [7, 11) is 3.94. The van der Waals surface area contributed by atoms with Gasteiger partial charge in [0.15, 0.2) is 0 Å². The average Bonchev–Trinajstić information content (AvgIpc) is 3.16. The molecule has 2 N–H and O–H groups in total. The average molecular weight is 557 g/mol. The zero-order chi connectivity index (χ0) is 28.0. The Morgan fingerprint density at radius 1 is 0.975 bits per heavy atom.